The normalized spacial score (nSPS) is 11.6. The zero-order chi connectivity index (χ0) is 23.5. The van der Waals surface area contributed by atoms with Crippen LogP contribution in [0.4, 0.5) is 0 Å². The minimum Gasteiger partial charge on any atom is -0.399 e. The van der Waals surface area contributed by atoms with Crippen molar-refractivity contribution in [2.24, 2.45) is 5.16 Å². The highest BCUT2D eigenvalue weighted by molar-refractivity contribution is 9.10. The summed E-state index contributed by atoms with van der Waals surface area (Å²) in [4.78, 5) is 31.4. The molecular formula is C27H23BrN2O3. The minimum absolute atomic E-state index is 0.160. The average molecular weight is 503 g/mol. The van der Waals surface area contributed by atoms with E-state index >= 15 is 0 Å². The second kappa shape index (κ2) is 9.55. The van der Waals surface area contributed by atoms with Gasteiger partial charge in [-0.25, -0.2) is 0 Å². The molecule has 4 rings (SSSR count). The molecule has 0 atom stereocenters. The Morgan fingerprint density at radius 1 is 0.970 bits per heavy atom. The number of Topliss-reactive ketones (excluding diaryl/α,β-unsaturated/α-hetero) is 1. The summed E-state index contributed by atoms with van der Waals surface area (Å²) in [5, 5.41) is 5.28. The Morgan fingerprint density at radius 2 is 1.67 bits per heavy atom. The van der Waals surface area contributed by atoms with Crippen LogP contribution in [-0.4, -0.2) is 23.2 Å². The van der Waals surface area contributed by atoms with Crippen LogP contribution in [0.5, 0.6) is 0 Å². The number of hydrogen-bond donors (Lipinski definition) is 0. The Balaban J connectivity index is 1.95. The molecule has 0 aliphatic carbocycles. The molecule has 166 valence electrons. The lowest BCUT2D eigenvalue weighted by Gasteiger charge is -2.19. The predicted octanol–water partition coefficient (Wildman–Crippen LogP) is 6.05. The molecule has 0 aliphatic rings. The maximum atomic E-state index is 13.6. The van der Waals surface area contributed by atoms with Crippen molar-refractivity contribution in [3.8, 4) is 11.1 Å². The molecule has 0 aliphatic heterocycles. The number of carbonyl (C=O) groups excluding carboxylic acids is 1. The number of ketones is 1. The number of hydrogen-bond acceptors (Lipinski definition) is 4. The molecule has 0 fully saturated rings. The molecular weight excluding hydrogens is 480 g/mol. The minimum atomic E-state index is -0.191. The summed E-state index contributed by atoms with van der Waals surface area (Å²) in [5.74, 6) is -0.160. The number of halogens is 1. The number of aromatic nitrogens is 1. The van der Waals surface area contributed by atoms with Gasteiger partial charge in [0.2, 0.25) is 0 Å². The molecule has 33 heavy (non-hydrogen) atoms. The first-order valence-corrected chi connectivity index (χ1v) is 11.3. The molecule has 0 saturated carbocycles. The summed E-state index contributed by atoms with van der Waals surface area (Å²) in [6, 6.07) is 23.0. The molecule has 0 saturated heterocycles. The molecule has 0 spiro atoms. The fourth-order valence-electron chi connectivity index (χ4n) is 4.06. The summed E-state index contributed by atoms with van der Waals surface area (Å²) in [6.45, 7) is 3.65. The third kappa shape index (κ3) is 4.52. The van der Waals surface area contributed by atoms with Crippen LogP contribution in [0.1, 0.15) is 35.5 Å². The standard InChI is InChI=1S/C27H23BrN2O3/c1-17(29-33-3)20-11-9-19(10-12-20)16-30-26(18(2)31)25(21-7-5-4-6-8-21)24-15-22(28)13-14-23(24)27(30)32/h4-15H,16H2,1-3H3/b29-17-. The number of carbonyl (C=O) groups is 1. The van der Waals surface area contributed by atoms with Crippen LogP contribution in [0.15, 0.2) is 87.2 Å². The summed E-state index contributed by atoms with van der Waals surface area (Å²) in [5.41, 5.74) is 4.45. The number of fused-ring (bicyclic) bond motifs is 1. The number of nitrogens with zero attached hydrogens (tertiary/aromatic N) is 2. The lowest BCUT2D eigenvalue weighted by molar-refractivity contribution is 0.100. The number of pyridine rings is 1. The Labute approximate surface area is 200 Å². The van der Waals surface area contributed by atoms with Crippen molar-refractivity contribution in [3.05, 3.63) is 104 Å². The van der Waals surface area contributed by atoms with E-state index in [1.165, 1.54) is 14.0 Å². The quantitative estimate of drug-likeness (QED) is 0.183. The molecule has 4 aromatic rings. The maximum Gasteiger partial charge on any atom is 0.259 e. The Hall–Kier alpha value is -3.51. The van der Waals surface area contributed by atoms with Gasteiger partial charge >= 0.3 is 0 Å². The van der Waals surface area contributed by atoms with Crippen LogP contribution in [0.3, 0.4) is 0 Å². The van der Waals surface area contributed by atoms with Crippen molar-refractivity contribution in [2.75, 3.05) is 7.11 Å². The third-order valence-corrected chi connectivity index (χ3v) is 6.06. The van der Waals surface area contributed by atoms with E-state index in [-0.39, 0.29) is 17.9 Å². The molecule has 0 radical (unpaired) electrons. The molecule has 1 heterocycles. The van der Waals surface area contributed by atoms with Gasteiger partial charge in [0.15, 0.2) is 5.78 Å². The highest BCUT2D eigenvalue weighted by atomic mass is 79.9. The molecule has 0 amide bonds. The first kappa shape index (κ1) is 22.7. The summed E-state index contributed by atoms with van der Waals surface area (Å²) < 4.78 is 2.44. The lowest BCUT2D eigenvalue weighted by atomic mass is 9.95. The van der Waals surface area contributed by atoms with Gasteiger partial charge in [-0.1, -0.05) is 75.7 Å². The van der Waals surface area contributed by atoms with E-state index in [4.69, 9.17) is 4.84 Å². The number of benzene rings is 3. The van der Waals surface area contributed by atoms with E-state index in [1.807, 2.05) is 79.7 Å². The second-order valence-electron chi connectivity index (χ2n) is 7.78. The molecule has 6 heteroatoms. The summed E-state index contributed by atoms with van der Waals surface area (Å²) in [6.07, 6.45) is 0. The van der Waals surface area contributed by atoms with Gasteiger partial charge in [0.1, 0.15) is 7.11 Å². The second-order valence-corrected chi connectivity index (χ2v) is 8.70. The maximum absolute atomic E-state index is 13.6. The van der Waals surface area contributed by atoms with Crippen molar-refractivity contribution < 1.29 is 9.63 Å². The smallest absolute Gasteiger partial charge is 0.259 e. The Morgan fingerprint density at radius 3 is 2.30 bits per heavy atom. The molecule has 3 aromatic carbocycles. The van der Waals surface area contributed by atoms with Gasteiger partial charge in [-0.2, -0.15) is 0 Å². The van der Waals surface area contributed by atoms with Crippen molar-refractivity contribution in [1.82, 2.24) is 4.57 Å². The van der Waals surface area contributed by atoms with Gasteiger partial charge in [-0.05, 0) is 47.2 Å². The first-order valence-electron chi connectivity index (χ1n) is 10.5. The zero-order valence-corrected chi connectivity index (χ0v) is 20.2. The van der Waals surface area contributed by atoms with Gasteiger partial charge < -0.3 is 4.84 Å². The fraction of sp³-hybridized carbons (Fsp3) is 0.148. The van der Waals surface area contributed by atoms with Crippen molar-refractivity contribution in [1.29, 1.82) is 0 Å². The van der Waals surface area contributed by atoms with Gasteiger partial charge in [-0.3, -0.25) is 14.2 Å². The lowest BCUT2D eigenvalue weighted by Crippen LogP contribution is -2.27. The van der Waals surface area contributed by atoms with E-state index in [2.05, 4.69) is 21.1 Å². The third-order valence-electron chi connectivity index (χ3n) is 5.57. The summed E-state index contributed by atoms with van der Waals surface area (Å²) in [7, 11) is 1.51. The van der Waals surface area contributed by atoms with Crippen LogP contribution in [0, 0.1) is 0 Å². The number of oxime groups is 1. The highest BCUT2D eigenvalue weighted by Crippen LogP contribution is 2.33. The topological polar surface area (TPSA) is 60.7 Å². The first-order chi connectivity index (χ1) is 15.9. The zero-order valence-electron chi connectivity index (χ0n) is 18.6. The Kier molecular flexibility index (Phi) is 6.56. The van der Waals surface area contributed by atoms with Crippen LogP contribution in [0.2, 0.25) is 0 Å². The van der Waals surface area contributed by atoms with E-state index in [0.717, 1.165) is 37.8 Å². The SMILES string of the molecule is CO/N=C(/C)c1ccc(Cn2c(C(C)=O)c(-c3ccccc3)c3cc(Br)ccc3c2=O)cc1. The monoisotopic (exact) mass is 502 g/mol. The van der Waals surface area contributed by atoms with Crippen molar-refractivity contribution in [3.63, 3.8) is 0 Å². The van der Waals surface area contributed by atoms with Gasteiger partial charge in [0, 0.05) is 22.3 Å². The van der Waals surface area contributed by atoms with Crippen molar-refractivity contribution >= 4 is 38.2 Å². The van der Waals surface area contributed by atoms with E-state index in [1.54, 1.807) is 4.57 Å². The van der Waals surface area contributed by atoms with Crippen molar-refractivity contribution in [2.45, 2.75) is 20.4 Å². The van der Waals surface area contributed by atoms with Crippen LogP contribution in [0.25, 0.3) is 21.9 Å². The van der Waals surface area contributed by atoms with Gasteiger partial charge in [0.25, 0.3) is 5.56 Å². The molecule has 5 nitrogen and oxygen atoms in total. The van der Waals surface area contributed by atoms with Gasteiger partial charge in [-0.15, -0.1) is 0 Å². The van der Waals surface area contributed by atoms with Crippen LogP contribution >= 0.6 is 15.9 Å². The average Bonchev–Trinajstić information content (AvgIpc) is 2.81. The molecule has 0 unspecified atom stereocenters. The van der Waals surface area contributed by atoms with Gasteiger partial charge in [0.05, 0.1) is 18.0 Å². The van der Waals surface area contributed by atoms with E-state index in [0.29, 0.717) is 11.1 Å². The van der Waals surface area contributed by atoms with E-state index in [9.17, 15) is 9.59 Å². The predicted molar refractivity (Wildman–Crippen MR) is 136 cm³/mol. The molecule has 1 aromatic heterocycles. The highest BCUT2D eigenvalue weighted by Gasteiger charge is 2.21. The molecule has 0 bridgehead atoms. The van der Waals surface area contributed by atoms with Crippen LogP contribution in [-0.2, 0) is 11.4 Å². The molecule has 0 N–H and O–H groups in total. The number of rotatable bonds is 6. The summed E-state index contributed by atoms with van der Waals surface area (Å²) >= 11 is 3.51. The fourth-order valence-corrected chi connectivity index (χ4v) is 4.42. The Bertz CT molecular complexity index is 1420. The van der Waals surface area contributed by atoms with E-state index < -0.39 is 0 Å². The van der Waals surface area contributed by atoms with Crippen LogP contribution < -0.4 is 5.56 Å². The largest absolute Gasteiger partial charge is 0.399 e.